The molecule has 2 heterocycles. The van der Waals surface area contributed by atoms with Crippen LogP contribution >= 0.6 is 0 Å². The number of fused-ring (bicyclic) bond motifs is 1. The quantitative estimate of drug-likeness (QED) is 0.639. The molecule has 3 aromatic rings. The van der Waals surface area contributed by atoms with Crippen LogP contribution < -0.4 is 0 Å². The fraction of sp³-hybridized carbons (Fsp3) is 0.435. The molecule has 0 bridgehead atoms. The van der Waals surface area contributed by atoms with Gasteiger partial charge >= 0.3 is 0 Å². The molecule has 136 valence electrons. The van der Waals surface area contributed by atoms with Gasteiger partial charge in [-0.1, -0.05) is 49.9 Å². The molecule has 1 aliphatic carbocycles. The van der Waals surface area contributed by atoms with Crippen LogP contribution in [0.25, 0.3) is 11.0 Å². The van der Waals surface area contributed by atoms with Gasteiger partial charge in [-0.3, -0.25) is 0 Å². The third-order valence-corrected chi connectivity index (χ3v) is 5.85. The smallest absolute Gasteiger partial charge is 0.137 e. The van der Waals surface area contributed by atoms with E-state index < -0.39 is 5.60 Å². The number of H-pyrrole nitrogens is 1. The van der Waals surface area contributed by atoms with E-state index in [-0.39, 0.29) is 0 Å². The molecule has 0 spiro atoms. The molecule has 1 aliphatic rings. The highest BCUT2D eigenvalue weighted by Crippen LogP contribution is 2.38. The summed E-state index contributed by atoms with van der Waals surface area (Å²) in [7, 11) is 0. The van der Waals surface area contributed by atoms with E-state index in [1.54, 1.807) is 0 Å². The van der Waals surface area contributed by atoms with Crippen LogP contribution in [0.2, 0.25) is 0 Å². The minimum Gasteiger partial charge on any atom is -0.386 e. The summed E-state index contributed by atoms with van der Waals surface area (Å²) < 4.78 is 0. The van der Waals surface area contributed by atoms with Gasteiger partial charge in [0.05, 0.1) is 5.60 Å². The van der Waals surface area contributed by atoms with Crippen molar-refractivity contribution in [1.29, 1.82) is 0 Å². The van der Waals surface area contributed by atoms with Gasteiger partial charge in [0, 0.05) is 23.2 Å². The monoisotopic (exact) mass is 348 g/mol. The van der Waals surface area contributed by atoms with E-state index >= 15 is 0 Å². The van der Waals surface area contributed by atoms with Gasteiger partial charge in [0.1, 0.15) is 5.65 Å². The lowest BCUT2D eigenvalue weighted by Crippen LogP contribution is -2.15. The normalized spacial score (nSPS) is 17.0. The summed E-state index contributed by atoms with van der Waals surface area (Å²) in [5.41, 5.74) is 3.69. The summed E-state index contributed by atoms with van der Waals surface area (Å²) in [6, 6.07) is 14.9. The number of nitrogens with zero attached hydrogens (tertiary/aromatic N) is 1. The van der Waals surface area contributed by atoms with Crippen LogP contribution in [0.1, 0.15) is 68.7 Å². The van der Waals surface area contributed by atoms with Gasteiger partial charge in [0.2, 0.25) is 0 Å². The van der Waals surface area contributed by atoms with Crippen molar-refractivity contribution in [2.45, 2.75) is 57.5 Å². The first-order chi connectivity index (χ1) is 12.5. The molecule has 26 heavy (non-hydrogen) atoms. The van der Waals surface area contributed by atoms with Crippen molar-refractivity contribution < 1.29 is 5.11 Å². The molecular weight excluding hydrogens is 320 g/mol. The molecule has 3 heteroatoms. The van der Waals surface area contributed by atoms with Crippen LogP contribution in [-0.2, 0) is 5.60 Å². The number of aromatic amines is 1. The maximum absolute atomic E-state index is 10.2. The summed E-state index contributed by atoms with van der Waals surface area (Å²) >= 11 is 0. The number of hydrogen-bond donors (Lipinski definition) is 2. The topological polar surface area (TPSA) is 48.9 Å². The zero-order valence-corrected chi connectivity index (χ0v) is 15.7. The van der Waals surface area contributed by atoms with Gasteiger partial charge in [-0.05, 0) is 55.5 Å². The van der Waals surface area contributed by atoms with Gasteiger partial charge in [0.15, 0.2) is 0 Å². The molecule has 4 rings (SSSR count). The van der Waals surface area contributed by atoms with E-state index in [0.717, 1.165) is 17.1 Å². The Morgan fingerprint density at radius 3 is 2.54 bits per heavy atom. The minimum absolute atomic E-state index is 0.350. The Morgan fingerprint density at radius 2 is 1.88 bits per heavy atom. The van der Waals surface area contributed by atoms with Crippen LogP contribution in [0.3, 0.4) is 0 Å². The number of rotatable bonds is 5. The molecule has 1 aromatic carbocycles. The molecule has 0 unspecified atom stereocenters. The molecule has 1 fully saturated rings. The minimum atomic E-state index is -0.801. The highest BCUT2D eigenvalue weighted by Gasteiger charge is 2.25. The molecule has 3 nitrogen and oxygen atoms in total. The summed E-state index contributed by atoms with van der Waals surface area (Å²) in [6.07, 6.45) is 8.43. The molecular formula is C23H28N2O. The van der Waals surface area contributed by atoms with Crippen LogP contribution in [0.5, 0.6) is 0 Å². The van der Waals surface area contributed by atoms with E-state index in [0.29, 0.717) is 5.92 Å². The Bertz CT molecular complexity index is 834. The van der Waals surface area contributed by atoms with Crippen LogP contribution in [0.4, 0.5) is 0 Å². The van der Waals surface area contributed by atoms with Crippen LogP contribution in [0, 0.1) is 5.92 Å². The number of hydrogen-bond acceptors (Lipinski definition) is 2. The van der Waals surface area contributed by atoms with E-state index in [1.807, 2.05) is 26.1 Å². The molecule has 1 atom stereocenters. The van der Waals surface area contributed by atoms with Crippen molar-refractivity contribution in [1.82, 2.24) is 9.97 Å². The van der Waals surface area contributed by atoms with Crippen molar-refractivity contribution in [3.8, 4) is 0 Å². The lowest BCUT2D eigenvalue weighted by atomic mass is 9.84. The Labute approximate surface area is 155 Å². The first-order valence-electron chi connectivity index (χ1n) is 9.77. The lowest BCUT2D eigenvalue weighted by Gasteiger charge is -2.22. The van der Waals surface area contributed by atoms with Gasteiger partial charge < -0.3 is 10.1 Å². The first-order valence-corrected chi connectivity index (χ1v) is 9.77. The van der Waals surface area contributed by atoms with E-state index in [9.17, 15) is 5.11 Å². The predicted octanol–water partition coefficient (Wildman–Crippen LogP) is 5.50. The first kappa shape index (κ1) is 17.3. The number of benzene rings is 1. The highest BCUT2D eigenvalue weighted by molar-refractivity contribution is 5.76. The molecule has 0 amide bonds. The van der Waals surface area contributed by atoms with Crippen molar-refractivity contribution >= 4 is 11.0 Å². The van der Waals surface area contributed by atoms with E-state index in [1.165, 1.54) is 48.7 Å². The lowest BCUT2D eigenvalue weighted by molar-refractivity contribution is 0.0786. The molecule has 0 aliphatic heterocycles. The van der Waals surface area contributed by atoms with E-state index in [4.69, 9.17) is 0 Å². The third kappa shape index (κ3) is 3.54. The second kappa shape index (κ2) is 6.88. The summed E-state index contributed by atoms with van der Waals surface area (Å²) in [5.74, 6) is 1.15. The third-order valence-electron chi connectivity index (χ3n) is 5.85. The Kier molecular flexibility index (Phi) is 4.58. The van der Waals surface area contributed by atoms with Crippen molar-refractivity contribution in [2.24, 2.45) is 5.92 Å². The summed E-state index contributed by atoms with van der Waals surface area (Å²) in [5, 5.41) is 11.4. The maximum Gasteiger partial charge on any atom is 0.137 e. The Morgan fingerprint density at radius 1 is 1.15 bits per heavy atom. The number of nitrogens with one attached hydrogen (secondary N) is 1. The highest BCUT2D eigenvalue weighted by atomic mass is 16.3. The van der Waals surface area contributed by atoms with E-state index in [2.05, 4.69) is 46.4 Å². The fourth-order valence-corrected chi connectivity index (χ4v) is 4.31. The maximum atomic E-state index is 10.2. The zero-order chi connectivity index (χ0) is 18.1. The number of aromatic nitrogens is 2. The molecule has 1 saturated carbocycles. The molecule has 0 saturated heterocycles. The SMILES string of the molecule is CC(C)(O)c1ccc([C@@H](CC2CCCC2)c2cc3cccnc3[nH]2)cc1. The zero-order valence-electron chi connectivity index (χ0n) is 15.7. The van der Waals surface area contributed by atoms with Crippen molar-refractivity contribution in [3.63, 3.8) is 0 Å². The second-order valence-electron chi connectivity index (χ2n) is 8.29. The number of pyridine rings is 1. The van der Waals surface area contributed by atoms with Crippen molar-refractivity contribution in [2.75, 3.05) is 0 Å². The summed E-state index contributed by atoms with van der Waals surface area (Å²) in [6.45, 7) is 3.67. The Balaban J connectivity index is 1.70. The largest absolute Gasteiger partial charge is 0.386 e. The second-order valence-corrected chi connectivity index (χ2v) is 8.29. The Hall–Kier alpha value is -2.13. The van der Waals surface area contributed by atoms with Gasteiger partial charge in [-0.15, -0.1) is 0 Å². The number of aliphatic hydroxyl groups is 1. The van der Waals surface area contributed by atoms with Gasteiger partial charge in [-0.2, -0.15) is 0 Å². The standard InChI is InChI=1S/C23H28N2O/c1-23(2,26)19-11-9-17(10-12-19)20(14-16-6-3-4-7-16)21-15-18-8-5-13-24-22(18)25-21/h5,8-13,15-16,20,26H,3-4,6-7,14H2,1-2H3,(H,24,25)/t20-/m1/s1. The molecule has 2 N–H and O–H groups in total. The average molecular weight is 348 g/mol. The predicted molar refractivity (Wildman–Crippen MR) is 106 cm³/mol. The van der Waals surface area contributed by atoms with Crippen LogP contribution in [0.15, 0.2) is 48.7 Å². The van der Waals surface area contributed by atoms with Gasteiger partial charge in [-0.25, -0.2) is 4.98 Å². The van der Waals surface area contributed by atoms with Crippen LogP contribution in [-0.4, -0.2) is 15.1 Å². The molecule has 0 radical (unpaired) electrons. The average Bonchev–Trinajstić information content (AvgIpc) is 3.28. The summed E-state index contributed by atoms with van der Waals surface area (Å²) in [4.78, 5) is 8.02. The fourth-order valence-electron chi connectivity index (χ4n) is 4.31. The van der Waals surface area contributed by atoms with Crippen molar-refractivity contribution in [3.05, 3.63) is 65.5 Å². The van der Waals surface area contributed by atoms with Gasteiger partial charge in [0.25, 0.3) is 0 Å². The molecule has 2 aromatic heterocycles.